The number of aliphatic hydroxyl groups is 1. The largest absolute Gasteiger partial charge is 0.394 e. The molecule has 1 aliphatic rings. The monoisotopic (exact) mass is 552 g/mol. The van der Waals surface area contributed by atoms with Crippen LogP contribution in [0.3, 0.4) is 0 Å². The van der Waals surface area contributed by atoms with Gasteiger partial charge in [-0.1, -0.05) is 21.6 Å². The van der Waals surface area contributed by atoms with Crippen molar-refractivity contribution in [2.24, 2.45) is 0 Å². The third kappa shape index (κ3) is 12.8. The maximum absolute atomic E-state index is 12.4. The molecule has 8 nitrogen and oxygen atoms in total. The van der Waals surface area contributed by atoms with Crippen molar-refractivity contribution >= 4 is 39.3 Å². The van der Waals surface area contributed by atoms with E-state index in [0.717, 1.165) is 12.2 Å². The molecular formula is C20H37N3O5S2Y. The van der Waals surface area contributed by atoms with Crippen molar-refractivity contribution in [2.45, 2.75) is 69.3 Å². The number of ether oxygens (including phenoxy) is 1. The summed E-state index contributed by atoms with van der Waals surface area (Å²) in [7, 11) is 6.60. The number of carbonyl (C=O) groups excluding carboxylic acids is 3. The van der Waals surface area contributed by atoms with Gasteiger partial charge < -0.3 is 25.4 Å². The van der Waals surface area contributed by atoms with Crippen molar-refractivity contribution in [1.82, 2.24) is 15.5 Å². The van der Waals surface area contributed by atoms with Crippen molar-refractivity contribution in [3.8, 4) is 0 Å². The molecule has 0 saturated carbocycles. The van der Waals surface area contributed by atoms with Gasteiger partial charge in [-0.25, -0.2) is 0 Å². The van der Waals surface area contributed by atoms with Crippen molar-refractivity contribution < 1.29 is 56.9 Å². The van der Waals surface area contributed by atoms with Gasteiger partial charge in [0.25, 0.3) is 0 Å². The predicted molar refractivity (Wildman–Crippen MR) is 122 cm³/mol. The number of nitrogens with one attached hydrogen (secondary N) is 2. The van der Waals surface area contributed by atoms with Crippen LogP contribution in [0.5, 0.6) is 0 Å². The first-order chi connectivity index (χ1) is 14.2. The van der Waals surface area contributed by atoms with E-state index in [9.17, 15) is 19.5 Å². The average Bonchev–Trinajstić information content (AvgIpc) is 3.16. The molecule has 3 N–H and O–H groups in total. The van der Waals surface area contributed by atoms with E-state index < -0.39 is 0 Å². The first-order valence-corrected chi connectivity index (χ1v) is 12.7. The van der Waals surface area contributed by atoms with Crippen LogP contribution in [-0.2, 0) is 51.8 Å². The molecule has 1 aliphatic heterocycles. The van der Waals surface area contributed by atoms with Gasteiger partial charge in [0.15, 0.2) is 0 Å². The number of amides is 3. The van der Waals surface area contributed by atoms with Crippen LogP contribution in [0.1, 0.15) is 52.4 Å². The molecule has 0 bridgehead atoms. The van der Waals surface area contributed by atoms with E-state index in [-0.39, 0.29) is 73.9 Å². The molecule has 177 valence electrons. The maximum atomic E-state index is 12.4. The molecule has 1 radical (unpaired) electrons. The second kappa shape index (κ2) is 16.7. The molecule has 0 spiro atoms. The van der Waals surface area contributed by atoms with Gasteiger partial charge in [0.05, 0.1) is 18.8 Å². The molecule has 1 fully saturated rings. The fourth-order valence-electron chi connectivity index (χ4n) is 3.14. The number of hydrogen-bond acceptors (Lipinski definition) is 7. The molecule has 1 heterocycles. The summed E-state index contributed by atoms with van der Waals surface area (Å²) in [6.07, 6.45) is 3.21. The van der Waals surface area contributed by atoms with Crippen LogP contribution in [0.2, 0.25) is 0 Å². The van der Waals surface area contributed by atoms with Crippen molar-refractivity contribution in [1.29, 1.82) is 0 Å². The van der Waals surface area contributed by atoms with Gasteiger partial charge in [-0.2, -0.15) is 0 Å². The summed E-state index contributed by atoms with van der Waals surface area (Å²) in [4.78, 5) is 37.4. The summed E-state index contributed by atoms with van der Waals surface area (Å²) in [5.74, 6) is 0.760. The molecule has 0 aromatic carbocycles. The Balaban J connectivity index is 0.00000900. The first kappa shape index (κ1) is 31.1. The Bertz CT molecular complexity index is 569. The summed E-state index contributed by atoms with van der Waals surface area (Å²) in [6, 6.07) is -0.175. The Labute approximate surface area is 219 Å². The van der Waals surface area contributed by atoms with Gasteiger partial charge in [-0.3, -0.25) is 14.4 Å². The van der Waals surface area contributed by atoms with E-state index in [4.69, 9.17) is 4.74 Å². The van der Waals surface area contributed by atoms with E-state index in [2.05, 4.69) is 24.5 Å². The molecule has 1 saturated heterocycles. The number of rotatable bonds is 14. The number of aliphatic hydroxyl groups excluding tert-OH is 1. The number of methoxy groups -OCH3 is 1. The van der Waals surface area contributed by atoms with E-state index in [1.165, 1.54) is 0 Å². The summed E-state index contributed by atoms with van der Waals surface area (Å²) in [5, 5.41) is 14.9. The van der Waals surface area contributed by atoms with E-state index in [1.54, 1.807) is 40.6 Å². The standard InChI is InChI=1S/C20H37N3O5S2.Y/c1-20(2,30-29-11-8-17(25)21-3)9-7-18(26)22-10-5-6-19(27)23-13-16(28-4)12-15(23)14-24;/h15-16,24H,5-14H2,1-4H3,(H,21,25)(H,22,26);/t15-,16+;/m1./s1. The Morgan fingerprint density at radius 3 is 2.52 bits per heavy atom. The fourth-order valence-corrected chi connectivity index (χ4v) is 5.70. The zero-order valence-corrected chi connectivity index (χ0v) is 23.6. The van der Waals surface area contributed by atoms with Gasteiger partial charge >= 0.3 is 0 Å². The fraction of sp³-hybridized carbons (Fsp3) is 0.850. The smallest absolute Gasteiger partial charge is 0.223 e. The quantitative estimate of drug-likeness (QED) is 0.222. The molecule has 2 atom stereocenters. The van der Waals surface area contributed by atoms with Crippen LogP contribution >= 0.6 is 21.6 Å². The molecular weight excluding hydrogens is 515 g/mol. The van der Waals surface area contributed by atoms with Gasteiger partial charge in [0.2, 0.25) is 17.7 Å². The molecule has 0 aliphatic carbocycles. The number of nitrogens with zero attached hydrogens (tertiary/aromatic N) is 1. The minimum Gasteiger partial charge on any atom is -0.394 e. The third-order valence-electron chi connectivity index (χ3n) is 5.06. The van der Waals surface area contributed by atoms with Crippen LogP contribution in [-0.4, -0.2) is 84.2 Å². The van der Waals surface area contributed by atoms with Crippen LogP contribution < -0.4 is 10.6 Å². The zero-order valence-electron chi connectivity index (χ0n) is 19.1. The minimum absolute atomic E-state index is 0. The van der Waals surface area contributed by atoms with Gasteiger partial charge in [0.1, 0.15) is 0 Å². The first-order valence-electron chi connectivity index (χ1n) is 10.4. The number of carbonyl (C=O) groups is 3. The molecule has 0 unspecified atom stereocenters. The van der Waals surface area contributed by atoms with Crippen LogP contribution in [0.15, 0.2) is 0 Å². The average molecular weight is 553 g/mol. The molecule has 3 amide bonds. The molecule has 0 aromatic rings. The van der Waals surface area contributed by atoms with Crippen molar-refractivity contribution in [2.75, 3.05) is 39.6 Å². The summed E-state index contributed by atoms with van der Waals surface area (Å²) < 4.78 is 5.24. The van der Waals surface area contributed by atoms with Crippen LogP contribution in [0, 0.1) is 0 Å². The second-order valence-electron chi connectivity index (χ2n) is 8.02. The summed E-state index contributed by atoms with van der Waals surface area (Å²) in [6.45, 7) is 5.11. The molecule has 0 aromatic heterocycles. The SMILES string of the molecule is CNC(=O)CCSSC(C)(C)CCC(=O)NCCCC(=O)N1C[C@@H](OC)C[C@@H]1CO.[Y]. The zero-order chi connectivity index (χ0) is 22.6. The van der Waals surface area contributed by atoms with E-state index in [1.807, 2.05) is 0 Å². The van der Waals surface area contributed by atoms with Crippen LogP contribution in [0.4, 0.5) is 0 Å². The van der Waals surface area contributed by atoms with Crippen molar-refractivity contribution in [3.63, 3.8) is 0 Å². The normalized spacial score (nSPS) is 18.4. The molecule has 11 heteroatoms. The molecule has 1 rings (SSSR count). The van der Waals surface area contributed by atoms with Crippen molar-refractivity contribution in [3.05, 3.63) is 0 Å². The van der Waals surface area contributed by atoms with E-state index >= 15 is 0 Å². The summed E-state index contributed by atoms with van der Waals surface area (Å²) in [5.41, 5.74) is 0. The second-order valence-corrected chi connectivity index (χ2v) is 11.1. The minimum atomic E-state index is -0.175. The maximum Gasteiger partial charge on any atom is 0.223 e. The van der Waals surface area contributed by atoms with Gasteiger partial charge in [-0.05, 0) is 33.1 Å². The summed E-state index contributed by atoms with van der Waals surface area (Å²) >= 11 is 0. The Morgan fingerprint density at radius 2 is 1.90 bits per heavy atom. The Morgan fingerprint density at radius 1 is 1.19 bits per heavy atom. The topological polar surface area (TPSA) is 108 Å². The molecule has 31 heavy (non-hydrogen) atoms. The Kier molecular flexibility index (Phi) is 16.8. The number of hydrogen-bond donors (Lipinski definition) is 3. The van der Waals surface area contributed by atoms with Crippen LogP contribution in [0.25, 0.3) is 0 Å². The number of likely N-dealkylation sites (tertiary alicyclic amines) is 1. The van der Waals surface area contributed by atoms with Gasteiger partial charge in [-0.15, -0.1) is 0 Å². The predicted octanol–water partition coefficient (Wildman–Crippen LogP) is 1.56. The Hall–Kier alpha value is 0.134. The van der Waals surface area contributed by atoms with E-state index in [0.29, 0.717) is 45.2 Å². The third-order valence-corrected chi connectivity index (χ3v) is 8.41. The van der Waals surface area contributed by atoms with Gasteiger partial charge in [0, 0.05) is 89.7 Å².